The smallest absolute Gasteiger partial charge is 0.352 e. The van der Waals surface area contributed by atoms with Crippen LogP contribution in [-0.4, -0.2) is 23.0 Å². The Morgan fingerprint density at radius 2 is 1.74 bits per heavy atom. The average Bonchev–Trinajstić information content (AvgIpc) is 2.74. The van der Waals surface area contributed by atoms with E-state index in [9.17, 15) is 18.0 Å². The second-order valence-electron chi connectivity index (χ2n) is 5.60. The molecular formula is C13H19BrF3NO. The second-order valence-corrected chi connectivity index (χ2v) is 6.78. The van der Waals surface area contributed by atoms with Gasteiger partial charge in [0.15, 0.2) is 0 Å². The molecule has 2 saturated carbocycles. The van der Waals surface area contributed by atoms with Gasteiger partial charge in [0.25, 0.3) is 0 Å². The topological polar surface area (TPSA) is 29.1 Å². The quantitative estimate of drug-likeness (QED) is 0.760. The predicted octanol–water partition coefficient (Wildman–Crippen LogP) is 3.79. The molecule has 1 N–H and O–H groups in total. The van der Waals surface area contributed by atoms with E-state index in [1.165, 1.54) is 0 Å². The normalized spacial score (nSPS) is 36.2. The first-order chi connectivity index (χ1) is 8.89. The lowest BCUT2D eigenvalue weighted by atomic mass is 9.78. The van der Waals surface area contributed by atoms with Crippen molar-refractivity contribution in [1.29, 1.82) is 0 Å². The van der Waals surface area contributed by atoms with Crippen LogP contribution in [0, 0.1) is 11.8 Å². The van der Waals surface area contributed by atoms with Gasteiger partial charge in [0, 0.05) is 16.8 Å². The Morgan fingerprint density at radius 3 is 2.32 bits per heavy atom. The van der Waals surface area contributed by atoms with E-state index in [2.05, 4.69) is 21.2 Å². The zero-order valence-corrected chi connectivity index (χ0v) is 12.3. The van der Waals surface area contributed by atoms with Gasteiger partial charge in [-0.1, -0.05) is 35.2 Å². The maximum Gasteiger partial charge on any atom is 0.392 e. The standard InChI is InChI=1S/C13H19BrF3NO/c14-10-6-3-7-11(10)18-12(19)8-4-1-2-5-9(8)13(15,16)17/h8-11H,1-7H2,(H,18,19). The number of alkyl halides is 4. The fourth-order valence-electron chi connectivity index (χ4n) is 3.20. The van der Waals surface area contributed by atoms with Crippen molar-refractivity contribution < 1.29 is 18.0 Å². The molecule has 0 radical (unpaired) electrons. The molecule has 110 valence electrons. The Kier molecular flexibility index (Phi) is 4.79. The molecule has 0 saturated heterocycles. The number of halogens is 4. The molecule has 2 fully saturated rings. The third kappa shape index (κ3) is 3.64. The molecule has 0 aromatic carbocycles. The van der Waals surface area contributed by atoms with Gasteiger partial charge >= 0.3 is 6.18 Å². The molecule has 4 unspecified atom stereocenters. The molecule has 19 heavy (non-hydrogen) atoms. The summed E-state index contributed by atoms with van der Waals surface area (Å²) in [5.74, 6) is -2.76. The maximum atomic E-state index is 13.0. The lowest BCUT2D eigenvalue weighted by Gasteiger charge is -2.33. The van der Waals surface area contributed by atoms with Crippen LogP contribution in [0.1, 0.15) is 44.9 Å². The highest BCUT2D eigenvalue weighted by atomic mass is 79.9. The highest BCUT2D eigenvalue weighted by Crippen LogP contribution is 2.41. The van der Waals surface area contributed by atoms with E-state index in [1.807, 2.05) is 0 Å². The summed E-state index contributed by atoms with van der Waals surface area (Å²) in [7, 11) is 0. The third-order valence-electron chi connectivity index (χ3n) is 4.28. The second kappa shape index (κ2) is 6.02. The van der Waals surface area contributed by atoms with E-state index in [-0.39, 0.29) is 17.3 Å². The molecule has 0 heterocycles. The Labute approximate surface area is 119 Å². The van der Waals surface area contributed by atoms with Crippen molar-refractivity contribution >= 4 is 21.8 Å². The summed E-state index contributed by atoms with van der Waals surface area (Å²) in [6.45, 7) is 0. The lowest BCUT2D eigenvalue weighted by Crippen LogP contribution is -2.47. The number of nitrogens with one attached hydrogen (secondary N) is 1. The molecule has 0 aromatic heterocycles. The van der Waals surface area contributed by atoms with Gasteiger partial charge in [0.2, 0.25) is 5.91 Å². The zero-order chi connectivity index (χ0) is 14.0. The van der Waals surface area contributed by atoms with Gasteiger partial charge in [0.1, 0.15) is 0 Å². The molecular weight excluding hydrogens is 323 g/mol. The van der Waals surface area contributed by atoms with Gasteiger partial charge in [-0.05, 0) is 25.7 Å². The summed E-state index contributed by atoms with van der Waals surface area (Å²) in [5, 5.41) is 2.81. The van der Waals surface area contributed by atoms with Crippen LogP contribution in [0.3, 0.4) is 0 Å². The molecule has 2 aliphatic carbocycles. The van der Waals surface area contributed by atoms with Gasteiger partial charge < -0.3 is 5.32 Å². The summed E-state index contributed by atoms with van der Waals surface area (Å²) in [4.78, 5) is 12.3. The summed E-state index contributed by atoms with van der Waals surface area (Å²) in [6, 6.07) is -0.0108. The van der Waals surface area contributed by atoms with Crippen LogP contribution < -0.4 is 5.32 Å². The molecule has 4 atom stereocenters. The summed E-state index contributed by atoms with van der Waals surface area (Å²) in [6.07, 6.45) is 0.300. The van der Waals surface area contributed by atoms with Crippen molar-refractivity contribution in [2.45, 2.75) is 62.0 Å². The number of rotatable bonds is 2. The molecule has 2 nitrogen and oxygen atoms in total. The van der Waals surface area contributed by atoms with E-state index in [0.29, 0.717) is 19.3 Å². The minimum absolute atomic E-state index is 0.0108. The number of hydrogen-bond acceptors (Lipinski definition) is 1. The number of amides is 1. The first-order valence-corrected chi connectivity index (χ1v) is 7.82. The van der Waals surface area contributed by atoms with Crippen LogP contribution >= 0.6 is 15.9 Å². The van der Waals surface area contributed by atoms with Crippen LogP contribution in [-0.2, 0) is 4.79 Å². The predicted molar refractivity (Wildman–Crippen MR) is 70.0 cm³/mol. The van der Waals surface area contributed by atoms with E-state index in [0.717, 1.165) is 19.3 Å². The van der Waals surface area contributed by atoms with Crippen LogP contribution in [0.25, 0.3) is 0 Å². The van der Waals surface area contributed by atoms with Crippen molar-refractivity contribution in [2.75, 3.05) is 0 Å². The Balaban J connectivity index is 1.99. The SMILES string of the molecule is O=C(NC1CCCC1Br)C1CCCCC1C(F)(F)F. The van der Waals surface area contributed by atoms with Crippen LogP contribution in [0.5, 0.6) is 0 Å². The van der Waals surface area contributed by atoms with Crippen molar-refractivity contribution in [3.8, 4) is 0 Å². The molecule has 2 rings (SSSR count). The van der Waals surface area contributed by atoms with Crippen molar-refractivity contribution in [2.24, 2.45) is 11.8 Å². The highest BCUT2D eigenvalue weighted by Gasteiger charge is 2.48. The largest absolute Gasteiger partial charge is 0.392 e. The zero-order valence-electron chi connectivity index (χ0n) is 10.7. The van der Waals surface area contributed by atoms with Crippen molar-refractivity contribution in [3.63, 3.8) is 0 Å². The van der Waals surface area contributed by atoms with Gasteiger partial charge in [0.05, 0.1) is 5.92 Å². The van der Waals surface area contributed by atoms with Crippen LogP contribution in [0.4, 0.5) is 13.2 Å². The highest BCUT2D eigenvalue weighted by molar-refractivity contribution is 9.09. The molecule has 6 heteroatoms. The molecule has 0 bridgehead atoms. The lowest BCUT2D eigenvalue weighted by molar-refractivity contribution is -0.198. The summed E-state index contributed by atoms with van der Waals surface area (Å²) in [5.41, 5.74) is 0. The maximum absolute atomic E-state index is 13.0. The van der Waals surface area contributed by atoms with E-state index in [4.69, 9.17) is 0 Å². The van der Waals surface area contributed by atoms with Crippen LogP contribution in [0.15, 0.2) is 0 Å². The minimum atomic E-state index is -4.26. The Morgan fingerprint density at radius 1 is 1.05 bits per heavy atom. The Hall–Kier alpha value is -0.260. The average molecular weight is 342 g/mol. The van der Waals surface area contributed by atoms with Crippen molar-refractivity contribution in [3.05, 3.63) is 0 Å². The molecule has 0 aliphatic heterocycles. The monoisotopic (exact) mass is 341 g/mol. The molecule has 2 aliphatic rings. The third-order valence-corrected chi connectivity index (χ3v) is 5.38. The van der Waals surface area contributed by atoms with Gasteiger partial charge in [-0.3, -0.25) is 4.79 Å². The number of carbonyl (C=O) groups excluding carboxylic acids is 1. The fourth-order valence-corrected chi connectivity index (χ4v) is 3.92. The van der Waals surface area contributed by atoms with Crippen molar-refractivity contribution in [1.82, 2.24) is 5.32 Å². The first kappa shape index (κ1) is 15.1. The number of carbonyl (C=O) groups is 1. The first-order valence-electron chi connectivity index (χ1n) is 6.90. The van der Waals surface area contributed by atoms with Gasteiger partial charge in [-0.25, -0.2) is 0 Å². The minimum Gasteiger partial charge on any atom is -0.352 e. The van der Waals surface area contributed by atoms with Crippen LogP contribution in [0.2, 0.25) is 0 Å². The molecule has 0 aromatic rings. The summed E-state index contributed by atoms with van der Waals surface area (Å²) >= 11 is 3.47. The molecule has 1 amide bonds. The number of hydrogen-bond donors (Lipinski definition) is 1. The Bertz CT molecular complexity index is 334. The van der Waals surface area contributed by atoms with Gasteiger partial charge in [-0.2, -0.15) is 13.2 Å². The fraction of sp³-hybridized carbons (Fsp3) is 0.923. The summed E-state index contributed by atoms with van der Waals surface area (Å²) < 4.78 is 38.9. The van der Waals surface area contributed by atoms with Gasteiger partial charge in [-0.15, -0.1) is 0 Å². The van der Waals surface area contributed by atoms with E-state index < -0.39 is 23.9 Å². The van der Waals surface area contributed by atoms with E-state index >= 15 is 0 Å². The van der Waals surface area contributed by atoms with E-state index in [1.54, 1.807) is 0 Å². The molecule has 0 spiro atoms.